The van der Waals surface area contributed by atoms with Crippen LogP contribution in [0.5, 0.6) is 5.75 Å². The molecule has 9 heteroatoms. The molecule has 1 saturated heterocycles. The number of para-hydroxylation sites is 1. The fourth-order valence-electron chi connectivity index (χ4n) is 3.07. The zero-order valence-corrected chi connectivity index (χ0v) is 15.9. The Balaban J connectivity index is 1.75. The van der Waals surface area contributed by atoms with Crippen molar-refractivity contribution in [3.63, 3.8) is 0 Å². The molecule has 148 valence electrons. The van der Waals surface area contributed by atoms with Gasteiger partial charge in [-0.15, -0.1) is 0 Å². The lowest BCUT2D eigenvalue weighted by atomic mass is 9.87. The van der Waals surface area contributed by atoms with Crippen LogP contribution in [0.15, 0.2) is 54.6 Å². The van der Waals surface area contributed by atoms with Gasteiger partial charge in [0, 0.05) is 6.54 Å². The predicted octanol–water partition coefficient (Wildman–Crippen LogP) is 2.39. The minimum absolute atomic E-state index is 0.147. The van der Waals surface area contributed by atoms with Crippen molar-refractivity contribution in [2.75, 3.05) is 12.3 Å². The van der Waals surface area contributed by atoms with Gasteiger partial charge in [0.05, 0.1) is 0 Å². The van der Waals surface area contributed by atoms with E-state index < -0.39 is 39.2 Å². The van der Waals surface area contributed by atoms with Crippen LogP contribution in [0.3, 0.4) is 0 Å². The second-order valence-corrected chi connectivity index (χ2v) is 8.00. The third-order valence-corrected chi connectivity index (χ3v) is 5.70. The predicted molar refractivity (Wildman–Crippen MR) is 99.5 cm³/mol. The van der Waals surface area contributed by atoms with E-state index in [0.29, 0.717) is 5.56 Å². The Morgan fingerprint density at radius 2 is 1.71 bits per heavy atom. The topological polar surface area (TPSA) is 92.8 Å². The van der Waals surface area contributed by atoms with Gasteiger partial charge in [-0.25, -0.2) is 9.18 Å². The van der Waals surface area contributed by atoms with Crippen molar-refractivity contribution < 1.29 is 26.6 Å². The van der Waals surface area contributed by atoms with Crippen molar-refractivity contribution in [1.82, 2.24) is 10.2 Å². The van der Waals surface area contributed by atoms with Crippen LogP contribution in [0.1, 0.15) is 18.9 Å². The molecule has 0 aliphatic carbocycles. The standard InChI is InChI=1S/C19H19FN2O5S/c1-2-19(14-8-10-15(20)11-9-14)17(23)22(18(24)21-19)12-13-28(25,26)27-16-6-4-3-5-7-16/h3-11H,2,12-13H2,1H3,(H,21,24)/t19-/m1/s1. The Hall–Kier alpha value is -2.94. The van der Waals surface area contributed by atoms with Crippen LogP contribution in [0.4, 0.5) is 9.18 Å². The van der Waals surface area contributed by atoms with Crippen molar-refractivity contribution in [3.05, 3.63) is 66.0 Å². The number of hydrogen-bond donors (Lipinski definition) is 1. The summed E-state index contributed by atoms with van der Waals surface area (Å²) in [5.74, 6) is -1.45. The summed E-state index contributed by atoms with van der Waals surface area (Å²) in [6.07, 6.45) is 0.229. The fraction of sp³-hybridized carbons (Fsp3) is 0.263. The van der Waals surface area contributed by atoms with E-state index in [-0.39, 0.29) is 18.7 Å². The zero-order valence-electron chi connectivity index (χ0n) is 15.1. The monoisotopic (exact) mass is 406 g/mol. The summed E-state index contributed by atoms with van der Waals surface area (Å²) >= 11 is 0. The number of carbonyl (C=O) groups excluding carboxylic acids is 2. The molecule has 0 aromatic heterocycles. The highest BCUT2D eigenvalue weighted by Gasteiger charge is 2.51. The maximum Gasteiger partial charge on any atom is 0.325 e. The quantitative estimate of drug-likeness (QED) is 0.563. The van der Waals surface area contributed by atoms with Gasteiger partial charge >= 0.3 is 16.1 Å². The maximum absolute atomic E-state index is 13.2. The lowest BCUT2D eigenvalue weighted by molar-refractivity contribution is -0.131. The summed E-state index contributed by atoms with van der Waals surface area (Å²) in [7, 11) is -4.01. The zero-order chi connectivity index (χ0) is 20.4. The van der Waals surface area contributed by atoms with Crippen LogP contribution >= 0.6 is 0 Å². The van der Waals surface area contributed by atoms with Crippen LogP contribution in [-0.4, -0.2) is 37.6 Å². The molecule has 1 fully saturated rings. The van der Waals surface area contributed by atoms with Gasteiger partial charge in [-0.3, -0.25) is 9.69 Å². The third kappa shape index (κ3) is 3.84. The second-order valence-electron chi connectivity index (χ2n) is 6.31. The van der Waals surface area contributed by atoms with Gasteiger partial charge in [0.2, 0.25) is 0 Å². The molecule has 1 aliphatic heterocycles. The second kappa shape index (κ2) is 7.59. The van der Waals surface area contributed by atoms with Gasteiger partial charge in [-0.2, -0.15) is 8.42 Å². The van der Waals surface area contributed by atoms with Crippen molar-refractivity contribution in [2.45, 2.75) is 18.9 Å². The Labute approximate surface area is 162 Å². The summed E-state index contributed by atoms with van der Waals surface area (Å²) < 4.78 is 42.5. The number of hydrogen-bond acceptors (Lipinski definition) is 5. The van der Waals surface area contributed by atoms with Crippen molar-refractivity contribution in [2.24, 2.45) is 0 Å². The highest BCUT2D eigenvalue weighted by atomic mass is 32.2. The maximum atomic E-state index is 13.2. The number of amides is 3. The molecular formula is C19H19FN2O5S. The number of carbonyl (C=O) groups is 2. The lowest BCUT2D eigenvalue weighted by Crippen LogP contribution is -2.43. The molecule has 1 heterocycles. The van der Waals surface area contributed by atoms with Crippen molar-refractivity contribution >= 4 is 22.1 Å². The molecule has 0 saturated carbocycles. The third-order valence-electron chi connectivity index (χ3n) is 4.57. The molecule has 0 unspecified atom stereocenters. The Bertz CT molecular complexity index is 979. The van der Waals surface area contributed by atoms with Gasteiger partial charge in [-0.05, 0) is 36.2 Å². The summed E-state index contributed by atoms with van der Waals surface area (Å²) in [6, 6.07) is 12.5. The van der Waals surface area contributed by atoms with E-state index in [2.05, 4.69) is 5.32 Å². The Kier molecular flexibility index (Phi) is 5.37. The van der Waals surface area contributed by atoms with E-state index in [1.54, 1.807) is 25.1 Å². The van der Waals surface area contributed by atoms with Crippen LogP contribution in [0.2, 0.25) is 0 Å². The molecule has 2 aromatic rings. The molecule has 3 amide bonds. The number of urea groups is 1. The van der Waals surface area contributed by atoms with Crippen LogP contribution in [0, 0.1) is 5.82 Å². The molecule has 28 heavy (non-hydrogen) atoms. The first kappa shape index (κ1) is 19.8. The molecule has 1 atom stereocenters. The van der Waals surface area contributed by atoms with Gasteiger partial charge in [0.1, 0.15) is 22.9 Å². The van der Waals surface area contributed by atoms with Gasteiger partial charge in [-0.1, -0.05) is 37.3 Å². The number of rotatable bonds is 7. The summed E-state index contributed by atoms with van der Waals surface area (Å²) in [6.45, 7) is 1.35. The first-order chi connectivity index (χ1) is 13.3. The number of halogens is 1. The highest BCUT2D eigenvalue weighted by molar-refractivity contribution is 7.87. The largest absolute Gasteiger partial charge is 0.382 e. The van der Waals surface area contributed by atoms with Gasteiger partial charge < -0.3 is 9.50 Å². The van der Waals surface area contributed by atoms with Gasteiger partial charge in [0.15, 0.2) is 0 Å². The number of imide groups is 1. The number of nitrogens with one attached hydrogen (secondary N) is 1. The Morgan fingerprint density at radius 1 is 1.07 bits per heavy atom. The minimum Gasteiger partial charge on any atom is -0.382 e. The molecule has 0 radical (unpaired) electrons. The molecule has 1 N–H and O–H groups in total. The molecule has 0 spiro atoms. The molecular weight excluding hydrogens is 387 g/mol. The molecule has 2 aromatic carbocycles. The number of nitrogens with zero attached hydrogens (tertiary/aromatic N) is 1. The first-order valence-corrected chi connectivity index (χ1v) is 10.2. The highest BCUT2D eigenvalue weighted by Crippen LogP contribution is 2.32. The van der Waals surface area contributed by atoms with E-state index in [1.807, 2.05) is 0 Å². The smallest absolute Gasteiger partial charge is 0.325 e. The van der Waals surface area contributed by atoms with Crippen molar-refractivity contribution in [1.29, 1.82) is 0 Å². The van der Waals surface area contributed by atoms with Crippen LogP contribution < -0.4 is 9.50 Å². The molecule has 7 nitrogen and oxygen atoms in total. The summed E-state index contributed by atoms with van der Waals surface area (Å²) in [4.78, 5) is 26.1. The molecule has 1 aliphatic rings. The summed E-state index contributed by atoms with van der Waals surface area (Å²) in [5, 5.41) is 2.62. The average Bonchev–Trinajstić information content (AvgIpc) is 2.92. The molecule has 0 bridgehead atoms. The van der Waals surface area contributed by atoms with E-state index in [1.165, 1.54) is 36.4 Å². The number of benzene rings is 2. The van der Waals surface area contributed by atoms with E-state index in [4.69, 9.17) is 4.18 Å². The molecule has 3 rings (SSSR count). The Morgan fingerprint density at radius 3 is 2.32 bits per heavy atom. The lowest BCUT2D eigenvalue weighted by Gasteiger charge is -2.25. The van der Waals surface area contributed by atoms with E-state index in [0.717, 1.165) is 4.90 Å². The summed E-state index contributed by atoms with van der Waals surface area (Å²) in [5.41, 5.74) is -0.921. The minimum atomic E-state index is -4.01. The average molecular weight is 406 g/mol. The first-order valence-electron chi connectivity index (χ1n) is 8.65. The van der Waals surface area contributed by atoms with Crippen molar-refractivity contribution in [3.8, 4) is 5.75 Å². The van der Waals surface area contributed by atoms with Gasteiger partial charge in [0.25, 0.3) is 5.91 Å². The SMILES string of the molecule is CC[C@]1(c2ccc(F)cc2)NC(=O)N(CCS(=O)(=O)Oc2ccccc2)C1=O. The van der Waals surface area contributed by atoms with E-state index in [9.17, 15) is 22.4 Å². The van der Waals surface area contributed by atoms with E-state index >= 15 is 0 Å². The van der Waals surface area contributed by atoms with Crippen LogP contribution in [0.25, 0.3) is 0 Å². The fourth-order valence-corrected chi connectivity index (χ4v) is 3.96. The normalized spacial score (nSPS) is 19.6. The van der Waals surface area contributed by atoms with Crippen LogP contribution in [-0.2, 0) is 20.5 Å².